The Balaban J connectivity index is 2.02. The van der Waals surface area contributed by atoms with Gasteiger partial charge in [0.15, 0.2) is 0 Å². The van der Waals surface area contributed by atoms with E-state index < -0.39 is 6.10 Å². The van der Waals surface area contributed by atoms with E-state index in [1.54, 1.807) is 11.3 Å². The van der Waals surface area contributed by atoms with Crippen LogP contribution in [0.15, 0.2) is 29.8 Å². The minimum Gasteiger partial charge on any atom is -0.387 e. The Morgan fingerprint density at radius 2 is 2.29 bits per heavy atom. The fourth-order valence-corrected chi connectivity index (χ4v) is 2.41. The number of aromatic nitrogens is 2. The Hall–Kier alpha value is -1.13. The molecule has 3 nitrogen and oxygen atoms in total. The summed E-state index contributed by atoms with van der Waals surface area (Å²) >= 11 is 1.58. The van der Waals surface area contributed by atoms with Crippen molar-refractivity contribution in [3.63, 3.8) is 0 Å². The van der Waals surface area contributed by atoms with Crippen molar-refractivity contribution in [2.24, 2.45) is 0 Å². The molecule has 0 aliphatic carbocycles. The summed E-state index contributed by atoms with van der Waals surface area (Å²) < 4.78 is 1.97. The lowest BCUT2D eigenvalue weighted by molar-refractivity contribution is 0.180. The molecule has 2 aromatic rings. The van der Waals surface area contributed by atoms with Gasteiger partial charge in [0.2, 0.25) is 0 Å². The van der Waals surface area contributed by atoms with Crippen LogP contribution in [-0.4, -0.2) is 14.9 Å². The highest BCUT2D eigenvalue weighted by Crippen LogP contribution is 2.22. The zero-order valence-electron chi connectivity index (χ0n) is 10.2. The first kappa shape index (κ1) is 12.3. The van der Waals surface area contributed by atoms with E-state index in [0.29, 0.717) is 12.5 Å². The maximum Gasteiger partial charge on any atom is 0.0937 e. The summed E-state index contributed by atoms with van der Waals surface area (Å²) in [7, 11) is 0. The average molecular weight is 250 g/mol. The van der Waals surface area contributed by atoms with Gasteiger partial charge in [-0.15, -0.1) is 11.3 Å². The van der Waals surface area contributed by atoms with Crippen molar-refractivity contribution < 1.29 is 5.11 Å². The van der Waals surface area contributed by atoms with Gasteiger partial charge in [-0.2, -0.15) is 5.10 Å². The van der Waals surface area contributed by atoms with E-state index in [1.165, 1.54) is 0 Å². The number of hydrogen-bond donors (Lipinski definition) is 1. The molecule has 0 fully saturated rings. The standard InChI is InChI=1S/C13H18N2OS/c1-3-10(2)15-7-6-11(14-15)9-12(16)13-5-4-8-17-13/h4-8,10,12,16H,3,9H2,1-2H3. The second kappa shape index (κ2) is 5.47. The normalized spacial score (nSPS) is 14.8. The minimum absolute atomic E-state index is 0.419. The maximum atomic E-state index is 10.0. The molecule has 17 heavy (non-hydrogen) atoms. The highest BCUT2D eigenvalue weighted by molar-refractivity contribution is 7.10. The van der Waals surface area contributed by atoms with Gasteiger partial charge in [-0.05, 0) is 30.9 Å². The van der Waals surface area contributed by atoms with Crippen LogP contribution in [0.5, 0.6) is 0 Å². The molecule has 0 aliphatic rings. The summed E-state index contributed by atoms with van der Waals surface area (Å²) in [5, 5.41) is 16.5. The summed E-state index contributed by atoms with van der Waals surface area (Å²) in [6.45, 7) is 4.29. The second-order valence-electron chi connectivity index (χ2n) is 4.28. The molecule has 0 bridgehead atoms. The quantitative estimate of drug-likeness (QED) is 0.885. The molecule has 2 unspecified atom stereocenters. The van der Waals surface area contributed by atoms with Crippen LogP contribution in [0.25, 0.3) is 0 Å². The van der Waals surface area contributed by atoms with Crippen LogP contribution in [0.1, 0.15) is 43.0 Å². The molecular formula is C13H18N2OS. The molecule has 2 atom stereocenters. The predicted octanol–water partition coefficient (Wildman–Crippen LogP) is 3.19. The molecule has 0 spiro atoms. The third kappa shape index (κ3) is 2.96. The molecule has 0 amide bonds. The Kier molecular flexibility index (Phi) is 3.97. The fourth-order valence-electron chi connectivity index (χ4n) is 1.70. The zero-order chi connectivity index (χ0) is 12.3. The van der Waals surface area contributed by atoms with E-state index in [1.807, 2.05) is 34.5 Å². The third-order valence-electron chi connectivity index (χ3n) is 2.98. The molecular weight excluding hydrogens is 232 g/mol. The van der Waals surface area contributed by atoms with Gasteiger partial charge in [-0.1, -0.05) is 13.0 Å². The van der Waals surface area contributed by atoms with Crippen LogP contribution in [0.4, 0.5) is 0 Å². The average Bonchev–Trinajstić information content (AvgIpc) is 2.98. The van der Waals surface area contributed by atoms with Gasteiger partial charge in [0.1, 0.15) is 0 Å². The number of aliphatic hydroxyl groups excluding tert-OH is 1. The smallest absolute Gasteiger partial charge is 0.0937 e. The van der Waals surface area contributed by atoms with Crippen molar-refractivity contribution in [3.8, 4) is 0 Å². The predicted molar refractivity (Wildman–Crippen MR) is 70.2 cm³/mol. The highest BCUT2D eigenvalue weighted by Gasteiger charge is 2.12. The van der Waals surface area contributed by atoms with E-state index in [9.17, 15) is 5.11 Å². The van der Waals surface area contributed by atoms with Crippen LogP contribution in [0.3, 0.4) is 0 Å². The molecule has 0 aromatic carbocycles. The summed E-state index contributed by atoms with van der Waals surface area (Å²) in [5.74, 6) is 0. The van der Waals surface area contributed by atoms with Gasteiger partial charge >= 0.3 is 0 Å². The summed E-state index contributed by atoms with van der Waals surface area (Å²) in [4.78, 5) is 1.00. The Morgan fingerprint density at radius 1 is 1.47 bits per heavy atom. The van der Waals surface area contributed by atoms with Crippen LogP contribution in [-0.2, 0) is 6.42 Å². The molecule has 1 N–H and O–H groups in total. The zero-order valence-corrected chi connectivity index (χ0v) is 11.0. The molecule has 0 radical (unpaired) electrons. The van der Waals surface area contributed by atoms with Gasteiger partial charge in [-0.3, -0.25) is 4.68 Å². The maximum absolute atomic E-state index is 10.0. The topological polar surface area (TPSA) is 38.0 Å². The summed E-state index contributed by atoms with van der Waals surface area (Å²) in [5.41, 5.74) is 0.950. The largest absolute Gasteiger partial charge is 0.387 e. The van der Waals surface area contributed by atoms with E-state index in [-0.39, 0.29) is 0 Å². The fraction of sp³-hybridized carbons (Fsp3) is 0.462. The highest BCUT2D eigenvalue weighted by atomic mass is 32.1. The number of hydrogen-bond acceptors (Lipinski definition) is 3. The Bertz CT molecular complexity index is 450. The van der Waals surface area contributed by atoms with Crippen LogP contribution < -0.4 is 0 Å². The third-order valence-corrected chi connectivity index (χ3v) is 3.95. The van der Waals surface area contributed by atoms with Crippen molar-refractivity contribution in [1.29, 1.82) is 0 Å². The van der Waals surface area contributed by atoms with Crippen LogP contribution >= 0.6 is 11.3 Å². The van der Waals surface area contributed by atoms with E-state index in [4.69, 9.17) is 0 Å². The number of nitrogens with zero attached hydrogens (tertiary/aromatic N) is 2. The van der Waals surface area contributed by atoms with Crippen LogP contribution in [0.2, 0.25) is 0 Å². The second-order valence-corrected chi connectivity index (χ2v) is 5.26. The minimum atomic E-state index is -0.435. The van der Waals surface area contributed by atoms with Crippen molar-refractivity contribution in [2.75, 3.05) is 0 Å². The van der Waals surface area contributed by atoms with E-state index >= 15 is 0 Å². The van der Waals surface area contributed by atoms with Gasteiger partial charge < -0.3 is 5.11 Å². The lowest BCUT2D eigenvalue weighted by Crippen LogP contribution is -2.06. The molecule has 0 saturated heterocycles. The van der Waals surface area contributed by atoms with E-state index in [0.717, 1.165) is 17.0 Å². The van der Waals surface area contributed by atoms with Crippen molar-refractivity contribution >= 4 is 11.3 Å². The van der Waals surface area contributed by atoms with Gasteiger partial charge in [0.05, 0.1) is 11.8 Å². The molecule has 0 saturated carbocycles. The first-order chi connectivity index (χ1) is 8.20. The lowest BCUT2D eigenvalue weighted by Gasteiger charge is -2.09. The number of aliphatic hydroxyl groups is 1. The van der Waals surface area contributed by atoms with Crippen molar-refractivity contribution in [3.05, 3.63) is 40.3 Å². The van der Waals surface area contributed by atoms with Crippen molar-refractivity contribution in [1.82, 2.24) is 9.78 Å². The SMILES string of the molecule is CCC(C)n1ccc(CC(O)c2cccs2)n1. The Morgan fingerprint density at radius 3 is 2.94 bits per heavy atom. The Labute approximate surface area is 106 Å². The van der Waals surface area contributed by atoms with Gasteiger partial charge in [-0.25, -0.2) is 0 Å². The number of rotatable bonds is 5. The van der Waals surface area contributed by atoms with Gasteiger partial charge in [0.25, 0.3) is 0 Å². The molecule has 92 valence electrons. The first-order valence-electron chi connectivity index (χ1n) is 5.96. The first-order valence-corrected chi connectivity index (χ1v) is 6.84. The number of thiophene rings is 1. The molecule has 2 aromatic heterocycles. The lowest BCUT2D eigenvalue weighted by atomic mass is 10.2. The molecule has 2 heterocycles. The van der Waals surface area contributed by atoms with Crippen molar-refractivity contribution in [2.45, 2.75) is 38.8 Å². The van der Waals surface area contributed by atoms with Crippen LogP contribution in [0, 0.1) is 0 Å². The van der Waals surface area contributed by atoms with E-state index in [2.05, 4.69) is 18.9 Å². The summed E-state index contributed by atoms with van der Waals surface area (Å²) in [6, 6.07) is 6.33. The molecule has 0 aliphatic heterocycles. The summed E-state index contributed by atoms with van der Waals surface area (Å²) in [6.07, 6.45) is 3.21. The monoisotopic (exact) mass is 250 g/mol. The molecule has 2 rings (SSSR count). The molecule has 4 heteroatoms. The van der Waals surface area contributed by atoms with Gasteiger partial charge in [0, 0.05) is 23.5 Å².